The first-order valence-electron chi connectivity index (χ1n) is 9.83. The highest BCUT2D eigenvalue weighted by atomic mass is 32.2. The molecule has 0 N–H and O–H groups in total. The molecule has 0 fully saturated rings. The maximum atomic E-state index is 12.6. The SMILES string of the molecule is CCS(=O)(=O)c1ncc(CN(C)[C@H](C)c2nccs2)n1CCCc1ccccc1. The molecule has 0 bridgehead atoms. The van der Waals surface area contributed by atoms with Crippen LogP contribution < -0.4 is 0 Å². The van der Waals surface area contributed by atoms with Gasteiger partial charge in [-0.2, -0.15) is 0 Å². The molecule has 3 rings (SSSR count). The Labute approximate surface area is 177 Å². The molecular weight excluding hydrogens is 404 g/mol. The Hall–Kier alpha value is -2.03. The Bertz CT molecular complexity index is 999. The number of hydrogen-bond donors (Lipinski definition) is 0. The molecule has 29 heavy (non-hydrogen) atoms. The molecule has 0 aliphatic heterocycles. The van der Waals surface area contributed by atoms with Gasteiger partial charge in [-0.15, -0.1) is 11.3 Å². The summed E-state index contributed by atoms with van der Waals surface area (Å²) < 4.78 is 27.0. The van der Waals surface area contributed by atoms with Crippen LogP contribution in [0.15, 0.2) is 53.3 Å². The third-order valence-corrected chi connectivity index (χ3v) is 7.72. The minimum atomic E-state index is -3.38. The van der Waals surface area contributed by atoms with Gasteiger partial charge in [0, 0.05) is 24.7 Å². The molecule has 156 valence electrons. The number of rotatable bonds is 10. The molecule has 2 heterocycles. The highest BCUT2D eigenvalue weighted by molar-refractivity contribution is 7.91. The Balaban J connectivity index is 1.79. The van der Waals surface area contributed by atoms with Crippen molar-refractivity contribution in [3.63, 3.8) is 0 Å². The van der Waals surface area contributed by atoms with Gasteiger partial charge in [-0.05, 0) is 32.4 Å². The van der Waals surface area contributed by atoms with E-state index in [9.17, 15) is 8.42 Å². The zero-order valence-corrected chi connectivity index (χ0v) is 18.8. The van der Waals surface area contributed by atoms with E-state index in [1.807, 2.05) is 41.4 Å². The summed E-state index contributed by atoms with van der Waals surface area (Å²) in [4.78, 5) is 10.9. The zero-order chi connectivity index (χ0) is 20.9. The van der Waals surface area contributed by atoms with Crippen molar-refractivity contribution in [2.75, 3.05) is 12.8 Å². The zero-order valence-electron chi connectivity index (χ0n) is 17.2. The number of hydrogen-bond acceptors (Lipinski definition) is 6. The summed E-state index contributed by atoms with van der Waals surface area (Å²) in [5.74, 6) is 0.0491. The predicted molar refractivity (Wildman–Crippen MR) is 117 cm³/mol. The topological polar surface area (TPSA) is 68.1 Å². The van der Waals surface area contributed by atoms with Crippen molar-refractivity contribution in [1.29, 1.82) is 0 Å². The smallest absolute Gasteiger partial charge is 0.227 e. The highest BCUT2D eigenvalue weighted by Gasteiger charge is 2.23. The third-order valence-electron chi connectivity index (χ3n) is 5.13. The van der Waals surface area contributed by atoms with Gasteiger partial charge >= 0.3 is 0 Å². The van der Waals surface area contributed by atoms with Crippen molar-refractivity contribution in [3.05, 3.63) is 64.4 Å². The number of benzene rings is 1. The number of nitrogens with zero attached hydrogens (tertiary/aromatic N) is 4. The van der Waals surface area contributed by atoms with Crippen molar-refractivity contribution in [3.8, 4) is 0 Å². The van der Waals surface area contributed by atoms with Crippen LogP contribution in [-0.2, 0) is 29.3 Å². The molecule has 8 heteroatoms. The molecule has 0 unspecified atom stereocenters. The Kier molecular flexibility index (Phi) is 7.21. The van der Waals surface area contributed by atoms with Gasteiger partial charge in [-0.25, -0.2) is 18.4 Å². The second kappa shape index (κ2) is 9.65. The summed E-state index contributed by atoms with van der Waals surface area (Å²) in [6.45, 7) is 5.00. The molecule has 1 aromatic carbocycles. The minimum absolute atomic E-state index is 0.0491. The van der Waals surface area contributed by atoms with Gasteiger partial charge in [0.25, 0.3) is 0 Å². The second-order valence-corrected chi connectivity index (χ2v) is 10.2. The normalized spacial score (nSPS) is 13.1. The lowest BCUT2D eigenvalue weighted by molar-refractivity contribution is 0.245. The van der Waals surface area contributed by atoms with E-state index in [-0.39, 0.29) is 17.0 Å². The second-order valence-electron chi connectivity index (χ2n) is 7.14. The molecule has 0 spiro atoms. The summed E-state index contributed by atoms with van der Waals surface area (Å²) in [6.07, 6.45) is 5.26. The van der Waals surface area contributed by atoms with E-state index in [1.165, 1.54) is 5.56 Å². The van der Waals surface area contributed by atoms with Gasteiger partial charge in [-0.1, -0.05) is 37.3 Å². The molecule has 0 amide bonds. The number of thiazole rings is 1. The van der Waals surface area contributed by atoms with Gasteiger partial charge < -0.3 is 4.57 Å². The monoisotopic (exact) mass is 432 g/mol. The van der Waals surface area contributed by atoms with Crippen LogP contribution in [0.2, 0.25) is 0 Å². The van der Waals surface area contributed by atoms with Crippen LogP contribution in [0.4, 0.5) is 0 Å². The lowest BCUT2D eigenvalue weighted by Crippen LogP contribution is -2.24. The van der Waals surface area contributed by atoms with Crippen molar-refractivity contribution < 1.29 is 8.42 Å². The summed E-state index contributed by atoms with van der Waals surface area (Å²) in [5.41, 5.74) is 2.17. The van der Waals surface area contributed by atoms with E-state index < -0.39 is 9.84 Å². The quantitative estimate of drug-likeness (QED) is 0.485. The van der Waals surface area contributed by atoms with Crippen LogP contribution in [0.5, 0.6) is 0 Å². The fourth-order valence-corrected chi connectivity index (χ4v) is 5.02. The maximum Gasteiger partial charge on any atom is 0.227 e. The minimum Gasteiger partial charge on any atom is -0.318 e. The fraction of sp³-hybridized carbons (Fsp3) is 0.429. The van der Waals surface area contributed by atoms with E-state index in [2.05, 4.69) is 33.9 Å². The highest BCUT2D eigenvalue weighted by Crippen LogP contribution is 2.24. The lowest BCUT2D eigenvalue weighted by atomic mass is 10.1. The number of sulfone groups is 1. The van der Waals surface area contributed by atoms with E-state index >= 15 is 0 Å². The van der Waals surface area contributed by atoms with Crippen LogP contribution in [0, 0.1) is 0 Å². The van der Waals surface area contributed by atoms with Crippen molar-refractivity contribution >= 4 is 21.2 Å². The maximum absolute atomic E-state index is 12.6. The number of imidazole rings is 1. The Morgan fingerprint density at radius 3 is 2.62 bits per heavy atom. The van der Waals surface area contributed by atoms with Gasteiger partial charge in [0.2, 0.25) is 15.0 Å². The van der Waals surface area contributed by atoms with Gasteiger partial charge in [-0.3, -0.25) is 4.90 Å². The standard InChI is InChI=1S/C21H28N4O2S2/c1-4-29(26,27)21-23-15-19(16-24(3)17(2)20-22-12-14-28-20)25(21)13-8-11-18-9-6-5-7-10-18/h5-7,9-10,12,14-15,17H,4,8,11,13,16H2,1-3H3/t17-/m1/s1. The van der Waals surface area contributed by atoms with Gasteiger partial charge in [0.1, 0.15) is 5.01 Å². The average Bonchev–Trinajstić information content (AvgIpc) is 3.39. The largest absolute Gasteiger partial charge is 0.318 e. The molecule has 3 aromatic rings. The van der Waals surface area contributed by atoms with Crippen LogP contribution in [0.1, 0.15) is 42.6 Å². The van der Waals surface area contributed by atoms with E-state index in [1.54, 1.807) is 24.5 Å². The van der Waals surface area contributed by atoms with Crippen molar-refractivity contribution in [2.45, 2.75) is 51.0 Å². The summed E-state index contributed by atoms with van der Waals surface area (Å²) >= 11 is 1.63. The summed E-state index contributed by atoms with van der Waals surface area (Å²) in [5, 5.41) is 3.20. The first kappa shape index (κ1) is 21.7. The Morgan fingerprint density at radius 1 is 1.21 bits per heavy atom. The van der Waals surface area contributed by atoms with Gasteiger partial charge in [0.05, 0.1) is 23.7 Å². The van der Waals surface area contributed by atoms with Gasteiger partial charge in [0.15, 0.2) is 0 Å². The molecule has 0 saturated heterocycles. The molecule has 0 saturated carbocycles. The summed E-state index contributed by atoms with van der Waals surface area (Å²) in [6, 6.07) is 10.4. The van der Waals surface area contributed by atoms with Crippen molar-refractivity contribution in [2.24, 2.45) is 0 Å². The molecule has 0 aliphatic carbocycles. The van der Waals surface area contributed by atoms with E-state index in [0.717, 1.165) is 23.5 Å². The molecule has 6 nitrogen and oxygen atoms in total. The molecule has 0 radical (unpaired) electrons. The number of aryl methyl sites for hydroxylation is 1. The Morgan fingerprint density at radius 2 is 1.97 bits per heavy atom. The molecule has 1 atom stereocenters. The molecule has 0 aliphatic rings. The van der Waals surface area contributed by atoms with E-state index in [0.29, 0.717) is 13.1 Å². The number of aromatic nitrogens is 3. The van der Waals surface area contributed by atoms with Crippen LogP contribution in [0.25, 0.3) is 0 Å². The average molecular weight is 433 g/mol. The summed E-state index contributed by atoms with van der Waals surface area (Å²) in [7, 11) is -1.35. The van der Waals surface area contributed by atoms with Crippen molar-refractivity contribution in [1.82, 2.24) is 19.4 Å². The van der Waals surface area contributed by atoms with Crippen LogP contribution in [-0.4, -0.2) is 40.7 Å². The van der Waals surface area contributed by atoms with Crippen LogP contribution >= 0.6 is 11.3 Å². The van der Waals surface area contributed by atoms with Crippen LogP contribution in [0.3, 0.4) is 0 Å². The molecular formula is C21H28N4O2S2. The predicted octanol–water partition coefficient (Wildman–Crippen LogP) is 3.96. The lowest BCUT2D eigenvalue weighted by Gasteiger charge is -2.23. The van der Waals surface area contributed by atoms with E-state index in [4.69, 9.17) is 0 Å². The third kappa shape index (κ3) is 5.32. The first-order valence-corrected chi connectivity index (χ1v) is 12.4. The first-order chi connectivity index (χ1) is 13.9. The molecule has 2 aromatic heterocycles. The fourth-order valence-electron chi connectivity index (χ4n) is 3.24.